The lowest BCUT2D eigenvalue weighted by molar-refractivity contribution is -0.136. The van der Waals surface area contributed by atoms with E-state index in [1.54, 1.807) is 31.3 Å². The minimum atomic E-state index is -1.17. The van der Waals surface area contributed by atoms with Crippen LogP contribution in [0.25, 0.3) is 0 Å². The molecule has 4 rings (SSSR count). The normalized spacial score (nSPS) is 20.8. The minimum Gasteiger partial charge on any atom is -0.491 e. The Balaban J connectivity index is 1.51. The maximum atomic E-state index is 13.5. The second-order valence-electron chi connectivity index (χ2n) is 11.5. The largest absolute Gasteiger partial charge is 0.491 e. The molecule has 4 amide bonds. The van der Waals surface area contributed by atoms with Crippen molar-refractivity contribution in [3.63, 3.8) is 0 Å². The SMILES string of the molecule is CC(C)C[C@H]1NC(=O)C[C@@H](C(=O)NCc2cccc(CN3CCOCC3)c2)NC(=O)c2ccccc2OCCN(C)C1=O. The Morgan fingerprint density at radius 3 is 2.49 bits per heavy atom. The molecule has 232 valence electrons. The molecule has 0 spiro atoms. The molecule has 1 fully saturated rings. The first kappa shape index (κ1) is 32.0. The number of hydrogen-bond donors (Lipinski definition) is 3. The van der Waals surface area contributed by atoms with Crippen LogP contribution in [0.3, 0.4) is 0 Å². The summed E-state index contributed by atoms with van der Waals surface area (Å²) in [6, 6.07) is 12.7. The molecule has 3 N–H and O–H groups in total. The van der Waals surface area contributed by atoms with Crippen LogP contribution in [0.15, 0.2) is 48.5 Å². The van der Waals surface area contributed by atoms with Crippen molar-refractivity contribution in [2.24, 2.45) is 5.92 Å². The second-order valence-corrected chi connectivity index (χ2v) is 11.5. The van der Waals surface area contributed by atoms with Crippen LogP contribution in [0, 0.1) is 5.92 Å². The van der Waals surface area contributed by atoms with Crippen LogP contribution in [0.5, 0.6) is 5.75 Å². The number of likely N-dealkylation sites (N-methyl/N-ethyl adjacent to an activating group) is 1. The number of para-hydroxylation sites is 1. The highest BCUT2D eigenvalue weighted by Gasteiger charge is 2.30. The number of benzene rings is 2. The maximum Gasteiger partial charge on any atom is 0.255 e. The highest BCUT2D eigenvalue weighted by atomic mass is 16.5. The zero-order valence-corrected chi connectivity index (χ0v) is 25.3. The molecule has 2 aromatic carbocycles. The van der Waals surface area contributed by atoms with Crippen LogP contribution in [-0.2, 0) is 32.2 Å². The summed E-state index contributed by atoms with van der Waals surface area (Å²) in [4.78, 5) is 57.1. The Morgan fingerprint density at radius 1 is 0.977 bits per heavy atom. The predicted molar refractivity (Wildman–Crippen MR) is 161 cm³/mol. The molecule has 0 saturated carbocycles. The van der Waals surface area contributed by atoms with Crippen molar-refractivity contribution in [1.82, 2.24) is 25.8 Å². The van der Waals surface area contributed by atoms with E-state index in [-0.39, 0.29) is 43.5 Å². The average molecular weight is 594 g/mol. The Bertz CT molecular complexity index is 1280. The zero-order valence-electron chi connectivity index (χ0n) is 25.3. The first-order chi connectivity index (χ1) is 20.7. The number of carbonyl (C=O) groups is 4. The molecule has 11 heteroatoms. The molecule has 43 heavy (non-hydrogen) atoms. The molecule has 2 heterocycles. The van der Waals surface area contributed by atoms with Crippen LogP contribution in [0.2, 0.25) is 0 Å². The van der Waals surface area contributed by atoms with E-state index in [9.17, 15) is 19.2 Å². The number of fused-ring (bicyclic) bond motifs is 1. The fourth-order valence-corrected chi connectivity index (χ4v) is 5.19. The van der Waals surface area contributed by atoms with E-state index in [1.165, 1.54) is 4.90 Å². The second kappa shape index (κ2) is 15.5. The summed E-state index contributed by atoms with van der Waals surface area (Å²) in [7, 11) is 1.65. The number of carbonyl (C=O) groups excluding carboxylic acids is 4. The molecule has 0 unspecified atom stereocenters. The van der Waals surface area contributed by atoms with Crippen molar-refractivity contribution in [2.45, 2.75) is 51.9 Å². The fourth-order valence-electron chi connectivity index (χ4n) is 5.19. The van der Waals surface area contributed by atoms with Gasteiger partial charge in [0.1, 0.15) is 24.4 Å². The van der Waals surface area contributed by atoms with E-state index < -0.39 is 29.8 Å². The Labute approximate surface area is 253 Å². The molecular formula is C32H43N5O6. The fraction of sp³-hybridized carbons (Fsp3) is 0.500. The smallest absolute Gasteiger partial charge is 0.255 e. The number of nitrogens with one attached hydrogen (secondary N) is 3. The first-order valence-corrected chi connectivity index (χ1v) is 14.9. The number of ether oxygens (including phenoxy) is 2. The summed E-state index contributed by atoms with van der Waals surface area (Å²) in [6.07, 6.45) is 0.103. The van der Waals surface area contributed by atoms with Crippen molar-refractivity contribution in [2.75, 3.05) is 46.5 Å². The highest BCUT2D eigenvalue weighted by Crippen LogP contribution is 2.19. The number of morpholine rings is 1. The summed E-state index contributed by atoms with van der Waals surface area (Å²) in [5, 5.41) is 8.42. The quantitative estimate of drug-likeness (QED) is 0.446. The highest BCUT2D eigenvalue weighted by molar-refractivity contribution is 6.01. The monoisotopic (exact) mass is 593 g/mol. The molecule has 11 nitrogen and oxygen atoms in total. The summed E-state index contributed by atoms with van der Waals surface area (Å²) < 4.78 is 11.3. The van der Waals surface area contributed by atoms with Crippen molar-refractivity contribution in [1.29, 1.82) is 0 Å². The standard InChI is InChI=1S/C32H43N5O6/c1-22(2)17-27-32(41)36(3)11-16-43-28-10-5-4-9-25(28)30(39)35-26(19-29(38)34-27)31(40)33-20-23-7-6-8-24(18-23)21-37-12-14-42-15-13-37/h4-10,18,22,26-27H,11-17,19-21H2,1-3H3,(H,33,40)(H,34,38)(H,35,39)/t26-,27+/m0/s1. The summed E-state index contributed by atoms with van der Waals surface area (Å²) >= 11 is 0. The third-order valence-corrected chi connectivity index (χ3v) is 7.51. The van der Waals surface area contributed by atoms with Crippen molar-refractivity contribution in [3.8, 4) is 5.75 Å². The zero-order chi connectivity index (χ0) is 30.8. The van der Waals surface area contributed by atoms with Gasteiger partial charge in [-0.2, -0.15) is 0 Å². The molecule has 0 aliphatic carbocycles. The molecule has 2 aromatic rings. The van der Waals surface area contributed by atoms with E-state index in [0.717, 1.165) is 44.0 Å². The van der Waals surface area contributed by atoms with E-state index in [2.05, 4.69) is 26.9 Å². The van der Waals surface area contributed by atoms with Gasteiger partial charge < -0.3 is 30.3 Å². The van der Waals surface area contributed by atoms with Gasteiger partial charge in [0.05, 0.1) is 31.7 Å². The molecule has 2 aliphatic rings. The molecule has 0 radical (unpaired) electrons. The number of nitrogens with zero attached hydrogens (tertiary/aromatic N) is 2. The number of rotatable bonds is 7. The van der Waals surface area contributed by atoms with Crippen LogP contribution >= 0.6 is 0 Å². The third-order valence-electron chi connectivity index (χ3n) is 7.51. The lowest BCUT2D eigenvalue weighted by Crippen LogP contribution is -2.53. The topological polar surface area (TPSA) is 129 Å². The van der Waals surface area contributed by atoms with Crippen molar-refractivity contribution >= 4 is 23.6 Å². The summed E-state index contributed by atoms with van der Waals surface area (Å²) in [6.45, 7) is 8.57. The predicted octanol–water partition coefficient (Wildman–Crippen LogP) is 1.71. The van der Waals surface area contributed by atoms with Gasteiger partial charge >= 0.3 is 0 Å². The lowest BCUT2D eigenvalue weighted by atomic mass is 10.0. The Kier molecular flexibility index (Phi) is 11.5. The summed E-state index contributed by atoms with van der Waals surface area (Å²) in [5.74, 6) is -1.30. The maximum absolute atomic E-state index is 13.5. The van der Waals surface area contributed by atoms with E-state index in [1.807, 2.05) is 32.0 Å². The molecule has 2 atom stereocenters. The molecular weight excluding hydrogens is 550 g/mol. The van der Waals surface area contributed by atoms with Gasteiger partial charge in [-0.15, -0.1) is 0 Å². The van der Waals surface area contributed by atoms with Crippen LogP contribution < -0.4 is 20.7 Å². The third kappa shape index (κ3) is 9.52. The molecule has 2 aliphatic heterocycles. The van der Waals surface area contributed by atoms with Gasteiger partial charge in [0.2, 0.25) is 17.7 Å². The Morgan fingerprint density at radius 2 is 1.72 bits per heavy atom. The van der Waals surface area contributed by atoms with Gasteiger partial charge in [0.25, 0.3) is 5.91 Å². The number of amides is 4. The van der Waals surface area contributed by atoms with E-state index >= 15 is 0 Å². The molecule has 0 aromatic heterocycles. The van der Waals surface area contributed by atoms with Crippen molar-refractivity contribution < 1.29 is 28.7 Å². The Hall–Kier alpha value is -3.96. The van der Waals surface area contributed by atoms with E-state index in [0.29, 0.717) is 12.2 Å². The summed E-state index contributed by atoms with van der Waals surface area (Å²) in [5.41, 5.74) is 2.27. The van der Waals surface area contributed by atoms with Gasteiger partial charge in [-0.3, -0.25) is 24.1 Å². The minimum absolute atomic E-state index is 0.141. The van der Waals surface area contributed by atoms with Crippen LogP contribution in [0.4, 0.5) is 0 Å². The first-order valence-electron chi connectivity index (χ1n) is 14.9. The van der Waals surface area contributed by atoms with Crippen molar-refractivity contribution in [3.05, 3.63) is 65.2 Å². The van der Waals surface area contributed by atoms with Gasteiger partial charge in [0, 0.05) is 33.2 Å². The van der Waals surface area contributed by atoms with E-state index in [4.69, 9.17) is 9.47 Å². The number of hydrogen-bond acceptors (Lipinski definition) is 7. The van der Waals surface area contributed by atoms with Crippen LogP contribution in [0.1, 0.15) is 48.2 Å². The van der Waals surface area contributed by atoms with Gasteiger partial charge in [-0.05, 0) is 35.6 Å². The average Bonchev–Trinajstić information content (AvgIpc) is 2.99. The lowest BCUT2D eigenvalue weighted by Gasteiger charge is -2.27. The van der Waals surface area contributed by atoms with Gasteiger partial charge in [-0.1, -0.05) is 50.2 Å². The molecule has 0 bridgehead atoms. The van der Waals surface area contributed by atoms with Gasteiger partial charge in [-0.25, -0.2) is 0 Å². The van der Waals surface area contributed by atoms with Crippen LogP contribution in [-0.4, -0.2) is 92.0 Å². The molecule has 1 saturated heterocycles. The van der Waals surface area contributed by atoms with Gasteiger partial charge in [0.15, 0.2) is 0 Å².